The van der Waals surface area contributed by atoms with Gasteiger partial charge in [0.25, 0.3) is 0 Å². The zero-order valence-electron chi connectivity index (χ0n) is 13.9. The van der Waals surface area contributed by atoms with E-state index in [1.54, 1.807) is 0 Å². The van der Waals surface area contributed by atoms with Crippen molar-refractivity contribution < 1.29 is 38.5 Å². The van der Waals surface area contributed by atoms with Crippen molar-refractivity contribution in [1.29, 1.82) is 0 Å². The molecule has 2 bridgehead atoms. The molecule has 1 radical (unpaired) electrons. The van der Waals surface area contributed by atoms with Crippen molar-refractivity contribution in [2.45, 2.75) is 59.7 Å². The Hall–Kier alpha value is -0.567. The van der Waals surface area contributed by atoms with E-state index in [9.17, 15) is 9.59 Å². The van der Waals surface area contributed by atoms with E-state index in [1.807, 2.05) is 6.92 Å². The Morgan fingerprint density at radius 2 is 2.09 bits per heavy atom. The summed E-state index contributed by atoms with van der Waals surface area (Å²) < 4.78 is 11.3. The number of carbonyl (C=O) groups excluding carboxylic acids is 2. The molecule has 5 heteroatoms. The first-order valence-corrected chi connectivity index (χ1v) is 7.97. The van der Waals surface area contributed by atoms with Crippen molar-refractivity contribution >= 4 is 11.9 Å². The van der Waals surface area contributed by atoms with Crippen LogP contribution in [-0.4, -0.2) is 24.1 Å². The topological polar surface area (TPSA) is 52.6 Å². The van der Waals surface area contributed by atoms with Crippen molar-refractivity contribution in [2.75, 3.05) is 0 Å². The summed E-state index contributed by atoms with van der Waals surface area (Å²) in [4.78, 5) is 24.2. The monoisotopic (exact) mass is 395 g/mol. The average Bonchev–Trinajstić information content (AvgIpc) is 2.85. The Morgan fingerprint density at radius 3 is 2.68 bits per heavy atom. The van der Waals surface area contributed by atoms with E-state index < -0.39 is 0 Å². The first-order valence-electron chi connectivity index (χ1n) is 7.97. The molecule has 2 aliphatic carbocycles. The second kappa shape index (κ2) is 5.81. The molecule has 125 valence electrons. The predicted octanol–water partition coefficient (Wildman–Crippen LogP) is 2.75. The summed E-state index contributed by atoms with van der Waals surface area (Å²) in [7, 11) is 0. The normalized spacial score (nSPS) is 37.0. The molecule has 0 amide bonds. The number of hydrogen-bond donors (Lipinski definition) is 0. The molecule has 4 nitrogen and oxygen atoms in total. The largest absolute Gasteiger partial charge is 1.00 e. The van der Waals surface area contributed by atoms with Crippen LogP contribution in [0.5, 0.6) is 0 Å². The minimum Gasteiger partial charge on any atom is -0.481 e. The Balaban J connectivity index is 0.00000176. The van der Waals surface area contributed by atoms with Gasteiger partial charge in [0, 0.05) is 11.8 Å². The van der Waals surface area contributed by atoms with Crippen LogP contribution in [0.25, 0.3) is 0 Å². The van der Waals surface area contributed by atoms with Gasteiger partial charge in [0.15, 0.2) is 5.97 Å². The molecule has 2 saturated carbocycles. The number of fused-ring (bicyclic) bond motifs is 1. The maximum absolute atomic E-state index is 12.3. The zero-order valence-corrected chi connectivity index (χ0v) is 15.6. The van der Waals surface area contributed by atoms with Gasteiger partial charge >= 0.3 is 25.4 Å². The summed E-state index contributed by atoms with van der Waals surface area (Å²) in [6.45, 7) is 10.4. The Morgan fingerprint density at radius 1 is 1.45 bits per heavy atom. The number of carbonyl (C=O) groups is 2. The fraction of sp³-hybridized carbons (Fsp3) is 0.824. The van der Waals surface area contributed by atoms with Crippen molar-refractivity contribution in [1.82, 2.24) is 0 Å². The van der Waals surface area contributed by atoms with E-state index in [4.69, 9.17) is 9.47 Å². The minimum atomic E-state index is -0.262. The number of ether oxygens (including phenoxy) is 2. The summed E-state index contributed by atoms with van der Waals surface area (Å²) >= 11 is 0. The second-order valence-electron chi connectivity index (χ2n) is 7.95. The van der Waals surface area contributed by atoms with Crippen molar-refractivity contribution in [2.24, 2.45) is 29.1 Å². The van der Waals surface area contributed by atoms with E-state index >= 15 is 0 Å². The van der Waals surface area contributed by atoms with E-state index in [1.165, 1.54) is 0 Å². The van der Waals surface area contributed by atoms with Crippen LogP contribution in [-0.2, 0) is 38.5 Å². The molecule has 0 aromatic heterocycles. The van der Waals surface area contributed by atoms with Crippen LogP contribution in [0.15, 0.2) is 0 Å². The van der Waals surface area contributed by atoms with Gasteiger partial charge < -0.3 is 9.47 Å². The molecule has 5 unspecified atom stereocenters. The quantitative estimate of drug-likeness (QED) is 0.418. The van der Waals surface area contributed by atoms with Gasteiger partial charge in [-0.05, 0) is 11.8 Å². The van der Waals surface area contributed by atoms with E-state index in [2.05, 4.69) is 27.7 Å². The second-order valence-corrected chi connectivity index (χ2v) is 7.95. The number of hydrogen-bond acceptors (Lipinski definition) is 4. The number of rotatable bonds is 4. The average molecular weight is 394 g/mol. The molecular formula is C17H25O4Ru. The summed E-state index contributed by atoms with van der Waals surface area (Å²) in [5, 5.41) is 0. The summed E-state index contributed by atoms with van der Waals surface area (Å²) in [6, 6.07) is 0. The van der Waals surface area contributed by atoms with Crippen LogP contribution in [0.1, 0.15) is 47.5 Å². The Bertz CT molecular complexity index is 473. The maximum Gasteiger partial charge on any atom is 1.00 e. The standard InChI is InChI=1S/C17H25O4.Ru/c1-8(2)6-9(3)15(18)20-13-11-7-10-12(17(11,4)5)14(13)21-16(10)19;/h8,10-14H,6-7H2,1-5H3;/q-1;+1. The summed E-state index contributed by atoms with van der Waals surface area (Å²) in [6.07, 6.45) is 1.05. The molecule has 5 atom stereocenters. The van der Waals surface area contributed by atoms with Gasteiger partial charge in [0.2, 0.25) is 0 Å². The van der Waals surface area contributed by atoms with E-state index in [-0.39, 0.29) is 66.8 Å². The van der Waals surface area contributed by atoms with Crippen molar-refractivity contribution in [3.05, 3.63) is 5.92 Å². The SMILES string of the molecule is C[C-](CC(C)C)C(=O)OC1C2OC(=O)C3CC1C(C)(C)C32.[Ru+]. The van der Waals surface area contributed by atoms with Crippen LogP contribution >= 0.6 is 0 Å². The Kier molecular flexibility index (Phi) is 4.70. The van der Waals surface area contributed by atoms with Gasteiger partial charge in [0.1, 0.15) is 12.2 Å². The van der Waals surface area contributed by atoms with E-state index in [0.717, 1.165) is 18.8 Å². The third-order valence-corrected chi connectivity index (χ3v) is 5.69. The summed E-state index contributed by atoms with van der Waals surface area (Å²) in [5.41, 5.74) is 0.0123. The first kappa shape index (κ1) is 17.8. The molecule has 22 heavy (non-hydrogen) atoms. The Labute approximate surface area is 145 Å². The van der Waals surface area contributed by atoms with Crippen molar-refractivity contribution in [3.63, 3.8) is 0 Å². The third-order valence-electron chi connectivity index (χ3n) is 5.69. The van der Waals surface area contributed by atoms with Gasteiger partial charge in [-0.15, -0.1) is 0 Å². The molecule has 1 heterocycles. The van der Waals surface area contributed by atoms with Gasteiger partial charge in [-0.1, -0.05) is 33.6 Å². The molecule has 3 fully saturated rings. The molecule has 1 aliphatic heterocycles. The van der Waals surface area contributed by atoms with Gasteiger partial charge in [-0.25, -0.2) is 0 Å². The molecule has 1 saturated heterocycles. The predicted molar refractivity (Wildman–Crippen MR) is 77.0 cm³/mol. The molecule has 0 spiro atoms. The molecule has 3 aliphatic rings. The third kappa shape index (κ3) is 2.50. The number of esters is 2. The van der Waals surface area contributed by atoms with Crippen LogP contribution in [0.2, 0.25) is 0 Å². The van der Waals surface area contributed by atoms with Gasteiger partial charge in [-0.3, -0.25) is 15.5 Å². The molecule has 0 aromatic rings. The van der Waals surface area contributed by atoms with Crippen LogP contribution in [0.4, 0.5) is 0 Å². The van der Waals surface area contributed by atoms with Crippen LogP contribution < -0.4 is 0 Å². The smallest absolute Gasteiger partial charge is 0.481 e. The summed E-state index contributed by atoms with van der Waals surface area (Å²) in [5.74, 6) is 1.33. The van der Waals surface area contributed by atoms with Gasteiger partial charge in [-0.2, -0.15) is 13.3 Å². The molecule has 0 aromatic carbocycles. The van der Waals surface area contributed by atoms with E-state index in [0.29, 0.717) is 5.92 Å². The van der Waals surface area contributed by atoms with Crippen molar-refractivity contribution in [3.8, 4) is 0 Å². The minimum absolute atomic E-state index is 0. The first-order chi connectivity index (χ1) is 9.73. The molecule has 0 N–H and O–H groups in total. The van der Waals surface area contributed by atoms with Gasteiger partial charge in [0.05, 0.1) is 5.92 Å². The van der Waals surface area contributed by atoms with Crippen LogP contribution in [0.3, 0.4) is 0 Å². The fourth-order valence-corrected chi connectivity index (χ4v) is 4.81. The fourth-order valence-electron chi connectivity index (χ4n) is 4.81. The zero-order chi connectivity index (χ0) is 15.5. The molecular weight excluding hydrogens is 369 g/mol. The molecule has 3 rings (SSSR count). The maximum atomic E-state index is 12.3. The van der Waals surface area contributed by atoms with Crippen LogP contribution in [0, 0.1) is 35.0 Å².